The summed E-state index contributed by atoms with van der Waals surface area (Å²) < 4.78 is 1.70. The number of amides is 3. The van der Waals surface area contributed by atoms with E-state index < -0.39 is 11.9 Å². The second-order valence-corrected chi connectivity index (χ2v) is 7.77. The van der Waals surface area contributed by atoms with Crippen molar-refractivity contribution in [3.63, 3.8) is 0 Å². The molecular weight excluding hydrogens is 505 g/mol. The third-order valence-electron chi connectivity index (χ3n) is 3.61. The zero-order valence-electron chi connectivity index (χ0n) is 14.0. The third kappa shape index (κ3) is 4.74. The largest absolute Gasteiger partial charge is 0.343 e. The number of carbonyl (C=O) groups excluding carboxylic acids is 2. The molecule has 6 nitrogen and oxygen atoms in total. The summed E-state index contributed by atoms with van der Waals surface area (Å²) in [6.07, 6.45) is 0. The zero-order valence-corrected chi connectivity index (χ0v) is 18.5. The van der Waals surface area contributed by atoms with Gasteiger partial charge in [0.1, 0.15) is 5.02 Å². The predicted octanol–water partition coefficient (Wildman–Crippen LogP) is 6.97. The average molecular weight is 513 g/mol. The van der Waals surface area contributed by atoms with E-state index in [0.717, 1.165) is 0 Å². The van der Waals surface area contributed by atoms with Crippen LogP contribution in [0.25, 0.3) is 5.69 Å². The maximum absolute atomic E-state index is 12.4. The van der Waals surface area contributed by atoms with Crippen molar-refractivity contribution < 1.29 is 9.59 Å². The van der Waals surface area contributed by atoms with Crippen LogP contribution in [0.15, 0.2) is 42.5 Å². The molecule has 0 saturated carbocycles. The predicted molar refractivity (Wildman–Crippen MR) is 116 cm³/mol. The minimum atomic E-state index is -0.885. The summed E-state index contributed by atoms with van der Waals surface area (Å²) in [4.78, 5) is 24.7. The molecule has 150 valence electrons. The molecule has 29 heavy (non-hydrogen) atoms. The van der Waals surface area contributed by atoms with Crippen LogP contribution in [0.3, 0.4) is 0 Å². The molecule has 0 radical (unpaired) electrons. The lowest BCUT2D eigenvalue weighted by atomic mass is 10.2. The average Bonchev–Trinajstić information content (AvgIpc) is 2.96. The maximum atomic E-state index is 12.4. The van der Waals surface area contributed by atoms with Gasteiger partial charge in [0.05, 0.1) is 16.3 Å². The van der Waals surface area contributed by atoms with Crippen molar-refractivity contribution in [1.29, 1.82) is 0 Å². The number of aromatic nitrogens is 2. The highest BCUT2D eigenvalue weighted by Crippen LogP contribution is 2.31. The van der Waals surface area contributed by atoms with Crippen molar-refractivity contribution in [2.75, 3.05) is 5.32 Å². The smallest absolute Gasteiger partial charge is 0.306 e. The molecule has 0 fully saturated rings. The standard InChI is InChI=1S/C17H8Cl6N4O2/c18-8-1-6-12(19)11(7-8)16(28)26(23)17(29)24-9-2-4-10(5-3-9)27-15(22)13(20)14(21)25-27/h1-7H,(H,24,29). The summed E-state index contributed by atoms with van der Waals surface area (Å²) in [6, 6.07) is 9.68. The van der Waals surface area contributed by atoms with E-state index in [1.165, 1.54) is 22.9 Å². The molecule has 0 saturated heterocycles. The van der Waals surface area contributed by atoms with E-state index in [1.54, 1.807) is 24.3 Å². The quantitative estimate of drug-likeness (QED) is 0.385. The third-order valence-corrected chi connectivity index (χ3v) is 5.65. The molecule has 0 bridgehead atoms. The molecule has 1 aromatic heterocycles. The minimum Gasteiger partial charge on any atom is -0.306 e. The molecular formula is C17H8Cl6N4O2. The number of anilines is 1. The van der Waals surface area contributed by atoms with Crippen LogP contribution >= 0.6 is 69.8 Å². The van der Waals surface area contributed by atoms with Gasteiger partial charge in [0.2, 0.25) is 0 Å². The Bertz CT molecular complexity index is 1100. The number of nitrogens with zero attached hydrogens (tertiary/aromatic N) is 3. The van der Waals surface area contributed by atoms with Crippen LogP contribution in [0.2, 0.25) is 25.4 Å². The van der Waals surface area contributed by atoms with E-state index in [4.69, 9.17) is 69.8 Å². The van der Waals surface area contributed by atoms with Gasteiger partial charge in [-0.05, 0) is 42.5 Å². The molecule has 0 spiro atoms. The number of hydrogen-bond donors (Lipinski definition) is 1. The highest BCUT2D eigenvalue weighted by molar-refractivity contribution is 6.47. The number of urea groups is 1. The van der Waals surface area contributed by atoms with Crippen molar-refractivity contribution in [2.24, 2.45) is 0 Å². The van der Waals surface area contributed by atoms with Gasteiger partial charge in [-0.2, -0.15) is 9.52 Å². The first-order valence-electron chi connectivity index (χ1n) is 7.65. The van der Waals surface area contributed by atoms with Gasteiger partial charge < -0.3 is 5.32 Å². The first-order valence-corrected chi connectivity index (χ1v) is 9.88. The molecule has 1 heterocycles. The van der Waals surface area contributed by atoms with Gasteiger partial charge in [0, 0.05) is 22.5 Å². The Labute approximate surface area is 194 Å². The van der Waals surface area contributed by atoms with Crippen LogP contribution in [0.5, 0.6) is 0 Å². The van der Waals surface area contributed by atoms with Gasteiger partial charge in [-0.3, -0.25) is 4.79 Å². The summed E-state index contributed by atoms with van der Waals surface area (Å²) in [5.41, 5.74) is 0.892. The first kappa shape index (κ1) is 22.0. The highest BCUT2D eigenvalue weighted by Gasteiger charge is 2.24. The molecule has 2 aromatic carbocycles. The molecule has 0 aliphatic rings. The zero-order chi connectivity index (χ0) is 21.3. The van der Waals surface area contributed by atoms with Crippen LogP contribution in [0.4, 0.5) is 10.5 Å². The van der Waals surface area contributed by atoms with E-state index in [1.807, 2.05) is 0 Å². The van der Waals surface area contributed by atoms with Crippen molar-refractivity contribution >= 4 is 87.4 Å². The highest BCUT2D eigenvalue weighted by atomic mass is 35.5. The second-order valence-electron chi connectivity index (χ2n) is 5.49. The fraction of sp³-hybridized carbons (Fsp3) is 0. The van der Waals surface area contributed by atoms with E-state index in [2.05, 4.69) is 10.4 Å². The summed E-state index contributed by atoms with van der Waals surface area (Å²) >= 11 is 35.5. The van der Waals surface area contributed by atoms with Crippen molar-refractivity contribution in [2.45, 2.75) is 0 Å². The Balaban J connectivity index is 1.74. The van der Waals surface area contributed by atoms with Gasteiger partial charge in [-0.1, -0.05) is 58.0 Å². The summed E-state index contributed by atoms with van der Waals surface area (Å²) in [6.45, 7) is 0. The molecule has 0 aliphatic carbocycles. The number of benzene rings is 2. The molecule has 0 unspecified atom stereocenters. The van der Waals surface area contributed by atoms with E-state index in [0.29, 0.717) is 15.8 Å². The van der Waals surface area contributed by atoms with Crippen LogP contribution < -0.4 is 5.32 Å². The molecule has 3 aromatic rings. The maximum Gasteiger partial charge on any atom is 0.343 e. The second kappa shape index (κ2) is 9.00. The van der Waals surface area contributed by atoms with E-state index in [-0.39, 0.29) is 30.9 Å². The fourth-order valence-corrected chi connectivity index (χ4v) is 3.30. The van der Waals surface area contributed by atoms with Crippen LogP contribution in [-0.4, -0.2) is 26.1 Å². The van der Waals surface area contributed by atoms with Gasteiger partial charge in [0.25, 0.3) is 5.91 Å². The topological polar surface area (TPSA) is 67.2 Å². The molecule has 0 atom stereocenters. The Kier molecular flexibility index (Phi) is 6.83. The Hall–Kier alpha value is -1.67. The monoisotopic (exact) mass is 510 g/mol. The number of hydrogen-bond acceptors (Lipinski definition) is 3. The van der Waals surface area contributed by atoms with Crippen molar-refractivity contribution in [1.82, 2.24) is 14.2 Å². The first-order chi connectivity index (χ1) is 13.7. The molecule has 3 amide bonds. The lowest BCUT2D eigenvalue weighted by Crippen LogP contribution is -2.32. The summed E-state index contributed by atoms with van der Waals surface area (Å²) in [7, 11) is 0. The van der Waals surface area contributed by atoms with Gasteiger partial charge >= 0.3 is 6.03 Å². The van der Waals surface area contributed by atoms with Gasteiger partial charge in [-0.15, -0.1) is 0 Å². The minimum absolute atomic E-state index is 0.0123. The van der Waals surface area contributed by atoms with Gasteiger partial charge in [-0.25, -0.2) is 9.48 Å². The number of nitrogens with one attached hydrogen (secondary N) is 1. The van der Waals surface area contributed by atoms with E-state index >= 15 is 0 Å². The van der Waals surface area contributed by atoms with Crippen LogP contribution in [0.1, 0.15) is 10.4 Å². The molecule has 1 N–H and O–H groups in total. The SMILES string of the molecule is O=C(Nc1ccc(-n2nc(Cl)c(Cl)c2Cl)cc1)N(Cl)C(=O)c1cc(Cl)ccc1Cl. The lowest BCUT2D eigenvalue weighted by molar-refractivity contribution is 0.0893. The Morgan fingerprint density at radius 2 is 1.62 bits per heavy atom. The Morgan fingerprint density at radius 3 is 2.21 bits per heavy atom. The van der Waals surface area contributed by atoms with Crippen LogP contribution in [0, 0.1) is 0 Å². The normalized spacial score (nSPS) is 10.7. The Morgan fingerprint density at radius 1 is 0.966 bits per heavy atom. The van der Waals surface area contributed by atoms with Crippen LogP contribution in [-0.2, 0) is 0 Å². The molecule has 3 rings (SSSR count). The molecule has 12 heteroatoms. The summed E-state index contributed by atoms with van der Waals surface area (Å²) in [5.74, 6) is -0.833. The number of carbonyl (C=O) groups is 2. The van der Waals surface area contributed by atoms with Crippen molar-refractivity contribution in [3.8, 4) is 5.69 Å². The summed E-state index contributed by atoms with van der Waals surface area (Å²) in [5, 5.41) is 7.20. The van der Waals surface area contributed by atoms with Crippen molar-refractivity contribution in [3.05, 3.63) is 73.4 Å². The lowest BCUT2D eigenvalue weighted by Gasteiger charge is -2.14. The van der Waals surface area contributed by atoms with E-state index in [9.17, 15) is 9.59 Å². The number of halogens is 6. The number of imide groups is 1. The number of rotatable bonds is 3. The fourth-order valence-electron chi connectivity index (χ4n) is 2.24. The van der Waals surface area contributed by atoms with Gasteiger partial charge in [0.15, 0.2) is 10.3 Å². The molecule has 0 aliphatic heterocycles.